The molecule has 3 rings (SSSR count). The molecule has 1 nitrogen and oxygen atoms in total. The lowest BCUT2D eigenvalue weighted by Crippen LogP contribution is -1.89. The second-order valence-electron chi connectivity index (χ2n) is 3.78. The van der Waals surface area contributed by atoms with Gasteiger partial charge in [0.25, 0.3) is 0 Å². The maximum atomic E-state index is 6.05. The summed E-state index contributed by atoms with van der Waals surface area (Å²) in [5, 5.41) is 0.368. The summed E-state index contributed by atoms with van der Waals surface area (Å²) in [7, 11) is 0. The van der Waals surface area contributed by atoms with Crippen LogP contribution < -0.4 is 4.74 Å². The molecule has 1 fully saturated rings. The number of ether oxygens (including phenoxy) is 1. The highest BCUT2D eigenvalue weighted by atomic mass is 35.5. The van der Waals surface area contributed by atoms with Crippen LogP contribution in [0.2, 0.25) is 0 Å². The second kappa shape index (κ2) is 2.65. The highest BCUT2D eigenvalue weighted by Gasteiger charge is 2.38. The highest BCUT2D eigenvalue weighted by molar-refractivity contribution is 6.23. The quantitative estimate of drug-likeness (QED) is 0.625. The Hall–Kier alpha value is -0.690. The van der Waals surface area contributed by atoms with Crippen LogP contribution in [-0.2, 0) is 6.42 Å². The van der Waals surface area contributed by atoms with E-state index in [0.717, 1.165) is 25.2 Å². The SMILES string of the molecule is Cl[C@@H]1C[C@@H]1c1cccc2c1CCO2. The van der Waals surface area contributed by atoms with Crippen molar-refractivity contribution >= 4 is 11.6 Å². The summed E-state index contributed by atoms with van der Waals surface area (Å²) in [6.07, 6.45) is 2.20. The monoisotopic (exact) mass is 194 g/mol. The van der Waals surface area contributed by atoms with Crippen LogP contribution in [0.1, 0.15) is 23.5 Å². The fourth-order valence-corrected chi connectivity index (χ4v) is 2.41. The first-order valence-corrected chi connectivity index (χ1v) is 5.18. The van der Waals surface area contributed by atoms with Gasteiger partial charge in [-0.1, -0.05) is 12.1 Å². The van der Waals surface area contributed by atoms with Gasteiger partial charge in [-0.15, -0.1) is 11.6 Å². The van der Waals surface area contributed by atoms with E-state index in [9.17, 15) is 0 Å². The molecule has 0 radical (unpaired) electrons. The van der Waals surface area contributed by atoms with Gasteiger partial charge >= 0.3 is 0 Å². The Bertz CT molecular complexity index is 348. The van der Waals surface area contributed by atoms with E-state index in [1.807, 2.05) is 0 Å². The molecule has 0 unspecified atom stereocenters. The zero-order valence-corrected chi connectivity index (χ0v) is 8.05. The molecule has 2 heteroatoms. The number of hydrogen-bond donors (Lipinski definition) is 0. The van der Waals surface area contributed by atoms with Crippen LogP contribution in [0.3, 0.4) is 0 Å². The Morgan fingerprint density at radius 2 is 2.23 bits per heavy atom. The van der Waals surface area contributed by atoms with Gasteiger partial charge in [0.1, 0.15) is 5.75 Å². The largest absolute Gasteiger partial charge is 0.493 e. The maximum absolute atomic E-state index is 6.05. The minimum Gasteiger partial charge on any atom is -0.493 e. The van der Waals surface area contributed by atoms with E-state index < -0.39 is 0 Å². The molecule has 0 N–H and O–H groups in total. The molecule has 1 aromatic carbocycles. The minimum absolute atomic E-state index is 0.368. The van der Waals surface area contributed by atoms with Gasteiger partial charge in [0.05, 0.1) is 6.61 Å². The van der Waals surface area contributed by atoms with E-state index in [0.29, 0.717) is 11.3 Å². The number of fused-ring (bicyclic) bond motifs is 1. The van der Waals surface area contributed by atoms with Crippen molar-refractivity contribution in [3.8, 4) is 5.75 Å². The highest BCUT2D eigenvalue weighted by Crippen LogP contribution is 2.48. The zero-order valence-electron chi connectivity index (χ0n) is 7.29. The van der Waals surface area contributed by atoms with Gasteiger partial charge in [-0.05, 0) is 18.1 Å². The molecule has 1 aliphatic carbocycles. The van der Waals surface area contributed by atoms with E-state index in [2.05, 4.69) is 18.2 Å². The summed E-state index contributed by atoms with van der Waals surface area (Å²) in [6.45, 7) is 0.839. The Morgan fingerprint density at radius 1 is 1.38 bits per heavy atom. The summed E-state index contributed by atoms with van der Waals surface area (Å²) in [4.78, 5) is 0. The molecule has 68 valence electrons. The van der Waals surface area contributed by atoms with Crippen LogP contribution in [-0.4, -0.2) is 12.0 Å². The lowest BCUT2D eigenvalue weighted by molar-refractivity contribution is 0.357. The summed E-state index contributed by atoms with van der Waals surface area (Å²) in [5.41, 5.74) is 2.82. The molecule has 0 saturated heterocycles. The Balaban J connectivity index is 2.05. The van der Waals surface area contributed by atoms with Crippen molar-refractivity contribution in [2.45, 2.75) is 24.1 Å². The number of rotatable bonds is 1. The summed E-state index contributed by atoms with van der Waals surface area (Å²) < 4.78 is 5.51. The van der Waals surface area contributed by atoms with Crippen molar-refractivity contribution in [1.29, 1.82) is 0 Å². The Morgan fingerprint density at radius 3 is 3.00 bits per heavy atom. The van der Waals surface area contributed by atoms with E-state index in [1.165, 1.54) is 11.1 Å². The van der Waals surface area contributed by atoms with Gasteiger partial charge in [-0.2, -0.15) is 0 Å². The third kappa shape index (κ3) is 1.14. The molecule has 1 saturated carbocycles. The van der Waals surface area contributed by atoms with E-state index in [1.54, 1.807) is 0 Å². The fraction of sp³-hybridized carbons (Fsp3) is 0.455. The predicted molar refractivity (Wildman–Crippen MR) is 52.6 cm³/mol. The third-order valence-corrected chi connectivity index (χ3v) is 3.37. The molecule has 2 atom stereocenters. The fourth-order valence-electron chi connectivity index (χ4n) is 2.08. The van der Waals surface area contributed by atoms with Gasteiger partial charge < -0.3 is 4.74 Å². The molecule has 1 aliphatic heterocycles. The van der Waals surface area contributed by atoms with Crippen LogP contribution in [0.25, 0.3) is 0 Å². The van der Waals surface area contributed by atoms with Crippen LogP contribution in [0, 0.1) is 0 Å². The van der Waals surface area contributed by atoms with Gasteiger partial charge in [0, 0.05) is 23.3 Å². The van der Waals surface area contributed by atoms with Crippen LogP contribution in [0.15, 0.2) is 18.2 Å². The number of hydrogen-bond acceptors (Lipinski definition) is 1. The average Bonchev–Trinajstić information content (AvgIpc) is 2.66. The number of benzene rings is 1. The van der Waals surface area contributed by atoms with Crippen LogP contribution in [0.4, 0.5) is 0 Å². The first-order chi connectivity index (χ1) is 6.36. The van der Waals surface area contributed by atoms with E-state index >= 15 is 0 Å². The molecule has 0 aromatic heterocycles. The molecule has 2 aliphatic rings. The Kier molecular flexibility index (Phi) is 1.57. The topological polar surface area (TPSA) is 9.23 Å². The average molecular weight is 195 g/mol. The minimum atomic E-state index is 0.368. The molecule has 0 amide bonds. The predicted octanol–water partition coefficient (Wildman–Crippen LogP) is 2.72. The summed E-state index contributed by atoms with van der Waals surface area (Å²) >= 11 is 6.05. The molecule has 0 bridgehead atoms. The molecular weight excluding hydrogens is 184 g/mol. The second-order valence-corrected chi connectivity index (χ2v) is 4.34. The zero-order chi connectivity index (χ0) is 8.84. The van der Waals surface area contributed by atoms with Gasteiger partial charge in [-0.25, -0.2) is 0 Å². The molecule has 1 aromatic rings. The number of alkyl halides is 1. The molecular formula is C11H11ClO. The molecule has 13 heavy (non-hydrogen) atoms. The van der Waals surface area contributed by atoms with Crippen molar-refractivity contribution in [3.05, 3.63) is 29.3 Å². The van der Waals surface area contributed by atoms with Crippen molar-refractivity contribution in [3.63, 3.8) is 0 Å². The molecule has 1 heterocycles. The smallest absolute Gasteiger partial charge is 0.122 e. The van der Waals surface area contributed by atoms with Crippen molar-refractivity contribution in [2.24, 2.45) is 0 Å². The first-order valence-electron chi connectivity index (χ1n) is 4.75. The lowest BCUT2D eigenvalue weighted by atomic mass is 10.0. The maximum Gasteiger partial charge on any atom is 0.122 e. The number of halogens is 1. The van der Waals surface area contributed by atoms with Crippen LogP contribution >= 0.6 is 11.6 Å². The first kappa shape index (κ1) is 7.69. The van der Waals surface area contributed by atoms with E-state index in [4.69, 9.17) is 16.3 Å². The molecule has 0 spiro atoms. The van der Waals surface area contributed by atoms with Gasteiger partial charge in [0.15, 0.2) is 0 Å². The summed E-state index contributed by atoms with van der Waals surface area (Å²) in [6, 6.07) is 6.32. The standard InChI is InChI=1S/C11H11ClO/c12-10-6-9(10)7-2-1-3-11-8(7)4-5-13-11/h1-3,9-10H,4-6H2/t9-,10-/m1/s1. The van der Waals surface area contributed by atoms with Gasteiger partial charge in [-0.3, -0.25) is 0 Å². The van der Waals surface area contributed by atoms with E-state index in [-0.39, 0.29) is 0 Å². The Labute approximate surface area is 82.7 Å². The summed E-state index contributed by atoms with van der Waals surface area (Å²) in [5.74, 6) is 1.67. The van der Waals surface area contributed by atoms with Crippen molar-refractivity contribution in [2.75, 3.05) is 6.61 Å². The van der Waals surface area contributed by atoms with Crippen LogP contribution in [0.5, 0.6) is 5.75 Å². The van der Waals surface area contributed by atoms with Crippen molar-refractivity contribution in [1.82, 2.24) is 0 Å². The van der Waals surface area contributed by atoms with Gasteiger partial charge in [0.2, 0.25) is 0 Å². The normalized spacial score (nSPS) is 29.6. The third-order valence-electron chi connectivity index (χ3n) is 2.89. The van der Waals surface area contributed by atoms with Crippen molar-refractivity contribution < 1.29 is 4.74 Å². The lowest BCUT2D eigenvalue weighted by Gasteiger charge is -2.04.